The van der Waals surface area contributed by atoms with Gasteiger partial charge in [-0.25, -0.2) is 0 Å². The van der Waals surface area contributed by atoms with Crippen molar-refractivity contribution in [3.8, 4) is 0 Å². The van der Waals surface area contributed by atoms with Crippen molar-refractivity contribution in [2.24, 2.45) is 5.41 Å². The van der Waals surface area contributed by atoms with Crippen LogP contribution in [0.25, 0.3) is 0 Å². The summed E-state index contributed by atoms with van der Waals surface area (Å²) in [5.74, 6) is 0.120. The van der Waals surface area contributed by atoms with E-state index in [4.69, 9.17) is 0 Å². The van der Waals surface area contributed by atoms with E-state index in [1.165, 1.54) is 0 Å². The average Bonchev–Trinajstić information content (AvgIpc) is 2.70. The molecule has 0 unspecified atom stereocenters. The monoisotopic (exact) mass is 221 g/mol. The largest absolute Gasteiger partial charge is 0.338 e. The van der Waals surface area contributed by atoms with Crippen LogP contribution in [-0.4, -0.2) is 34.1 Å². The standard InChI is InChI=1S/C12H19N3O/c1-8-10(9(2)14-13-8)11(16)15-6-5-12(3,4)7-15/h5-7H2,1-4H3,(H,13,14). The van der Waals surface area contributed by atoms with Gasteiger partial charge in [-0.3, -0.25) is 9.89 Å². The van der Waals surface area contributed by atoms with E-state index < -0.39 is 0 Å². The Morgan fingerprint density at radius 3 is 2.56 bits per heavy atom. The summed E-state index contributed by atoms with van der Waals surface area (Å²) in [7, 11) is 0. The second-order valence-corrected chi connectivity index (χ2v) is 5.45. The summed E-state index contributed by atoms with van der Waals surface area (Å²) in [6.07, 6.45) is 1.08. The maximum absolute atomic E-state index is 12.3. The Balaban J connectivity index is 2.21. The summed E-state index contributed by atoms with van der Waals surface area (Å²) >= 11 is 0. The van der Waals surface area contributed by atoms with Gasteiger partial charge in [-0.1, -0.05) is 13.8 Å². The molecule has 1 aliphatic heterocycles. The number of nitrogens with zero attached hydrogens (tertiary/aromatic N) is 2. The second-order valence-electron chi connectivity index (χ2n) is 5.45. The quantitative estimate of drug-likeness (QED) is 0.787. The lowest BCUT2D eigenvalue weighted by Crippen LogP contribution is -2.30. The topological polar surface area (TPSA) is 49.0 Å². The van der Waals surface area contributed by atoms with E-state index in [1.54, 1.807) is 0 Å². The summed E-state index contributed by atoms with van der Waals surface area (Å²) in [6.45, 7) is 9.88. The van der Waals surface area contributed by atoms with Crippen LogP contribution in [0.4, 0.5) is 0 Å². The first kappa shape index (κ1) is 11.2. The Bertz CT molecular complexity index is 400. The first-order valence-electron chi connectivity index (χ1n) is 5.71. The molecule has 1 aromatic rings. The van der Waals surface area contributed by atoms with Crippen LogP contribution >= 0.6 is 0 Å². The number of aryl methyl sites for hydroxylation is 2. The molecule has 1 saturated heterocycles. The number of hydrogen-bond donors (Lipinski definition) is 1. The molecular weight excluding hydrogens is 202 g/mol. The van der Waals surface area contributed by atoms with Crippen molar-refractivity contribution in [3.05, 3.63) is 17.0 Å². The van der Waals surface area contributed by atoms with Crippen molar-refractivity contribution in [2.45, 2.75) is 34.1 Å². The van der Waals surface area contributed by atoms with Crippen molar-refractivity contribution >= 4 is 5.91 Å². The van der Waals surface area contributed by atoms with E-state index >= 15 is 0 Å². The van der Waals surface area contributed by atoms with E-state index in [9.17, 15) is 4.79 Å². The molecule has 1 aliphatic rings. The molecule has 1 N–H and O–H groups in total. The first-order valence-corrected chi connectivity index (χ1v) is 5.71. The third-order valence-electron chi connectivity index (χ3n) is 3.31. The number of aromatic amines is 1. The van der Waals surface area contributed by atoms with Crippen LogP contribution in [0.2, 0.25) is 0 Å². The zero-order chi connectivity index (χ0) is 11.9. The van der Waals surface area contributed by atoms with Crippen molar-refractivity contribution in [1.29, 1.82) is 0 Å². The summed E-state index contributed by atoms with van der Waals surface area (Å²) in [6, 6.07) is 0. The van der Waals surface area contributed by atoms with Gasteiger partial charge >= 0.3 is 0 Å². The van der Waals surface area contributed by atoms with Crippen LogP contribution in [0, 0.1) is 19.3 Å². The fraction of sp³-hybridized carbons (Fsp3) is 0.667. The molecular formula is C12H19N3O. The Labute approximate surface area is 96.0 Å². The lowest BCUT2D eigenvalue weighted by Gasteiger charge is -2.19. The SMILES string of the molecule is Cc1n[nH]c(C)c1C(=O)N1CCC(C)(C)C1. The molecule has 1 fully saturated rings. The fourth-order valence-corrected chi connectivity index (χ4v) is 2.31. The number of carbonyl (C=O) groups excluding carboxylic acids is 1. The number of rotatable bonds is 1. The molecule has 0 bridgehead atoms. The molecule has 1 aromatic heterocycles. The number of aromatic nitrogens is 2. The Hall–Kier alpha value is -1.32. The molecule has 0 saturated carbocycles. The third-order valence-corrected chi connectivity index (χ3v) is 3.31. The van der Waals surface area contributed by atoms with Gasteiger partial charge in [0.2, 0.25) is 0 Å². The lowest BCUT2D eigenvalue weighted by molar-refractivity contribution is 0.0777. The molecule has 0 radical (unpaired) electrons. The third kappa shape index (κ3) is 1.84. The summed E-state index contributed by atoms with van der Waals surface area (Å²) in [5.41, 5.74) is 2.67. The predicted octanol–water partition coefficient (Wildman–Crippen LogP) is 1.90. The molecule has 0 spiro atoms. The van der Waals surface area contributed by atoms with Gasteiger partial charge in [0.15, 0.2) is 0 Å². The van der Waals surface area contributed by atoms with Crippen LogP contribution in [0.15, 0.2) is 0 Å². The van der Waals surface area contributed by atoms with Gasteiger partial charge in [-0.05, 0) is 25.7 Å². The Morgan fingerprint density at radius 1 is 1.44 bits per heavy atom. The van der Waals surface area contributed by atoms with E-state index in [2.05, 4.69) is 24.0 Å². The molecule has 2 rings (SSSR count). The van der Waals surface area contributed by atoms with Crippen molar-refractivity contribution < 1.29 is 4.79 Å². The van der Waals surface area contributed by atoms with Gasteiger partial charge in [-0.2, -0.15) is 5.10 Å². The highest BCUT2D eigenvalue weighted by Crippen LogP contribution is 2.30. The summed E-state index contributed by atoms with van der Waals surface area (Å²) < 4.78 is 0. The summed E-state index contributed by atoms with van der Waals surface area (Å²) in [5, 5.41) is 6.94. The highest BCUT2D eigenvalue weighted by atomic mass is 16.2. The Morgan fingerprint density at radius 2 is 2.12 bits per heavy atom. The van der Waals surface area contributed by atoms with Gasteiger partial charge in [0.25, 0.3) is 5.91 Å². The van der Waals surface area contributed by atoms with Gasteiger partial charge < -0.3 is 4.90 Å². The highest BCUT2D eigenvalue weighted by molar-refractivity contribution is 5.96. The first-order chi connectivity index (χ1) is 7.41. The highest BCUT2D eigenvalue weighted by Gasteiger charge is 2.33. The molecule has 88 valence electrons. The molecule has 2 heterocycles. The minimum atomic E-state index is 0.120. The minimum absolute atomic E-state index is 0.120. The van der Waals surface area contributed by atoms with E-state index in [-0.39, 0.29) is 11.3 Å². The number of nitrogens with one attached hydrogen (secondary N) is 1. The van der Waals surface area contributed by atoms with E-state index in [0.717, 1.165) is 36.5 Å². The molecule has 1 amide bonds. The van der Waals surface area contributed by atoms with E-state index in [1.807, 2.05) is 18.7 Å². The minimum Gasteiger partial charge on any atom is -0.338 e. The second kappa shape index (κ2) is 3.61. The Kier molecular flexibility index (Phi) is 2.52. The van der Waals surface area contributed by atoms with Gasteiger partial charge in [0.1, 0.15) is 0 Å². The summed E-state index contributed by atoms with van der Waals surface area (Å²) in [4.78, 5) is 14.2. The van der Waals surface area contributed by atoms with Crippen molar-refractivity contribution in [2.75, 3.05) is 13.1 Å². The fourth-order valence-electron chi connectivity index (χ4n) is 2.31. The van der Waals surface area contributed by atoms with Crippen molar-refractivity contribution in [1.82, 2.24) is 15.1 Å². The zero-order valence-corrected chi connectivity index (χ0v) is 10.4. The van der Waals surface area contributed by atoms with E-state index in [0.29, 0.717) is 0 Å². The van der Waals surface area contributed by atoms with Crippen LogP contribution in [0.3, 0.4) is 0 Å². The van der Waals surface area contributed by atoms with Gasteiger partial charge in [0, 0.05) is 18.8 Å². The maximum atomic E-state index is 12.3. The normalized spacial score (nSPS) is 19.1. The van der Waals surface area contributed by atoms with Crippen LogP contribution in [0.5, 0.6) is 0 Å². The maximum Gasteiger partial charge on any atom is 0.257 e. The molecule has 0 atom stereocenters. The van der Waals surface area contributed by atoms with Crippen LogP contribution in [0.1, 0.15) is 42.0 Å². The average molecular weight is 221 g/mol. The number of carbonyl (C=O) groups is 1. The molecule has 4 nitrogen and oxygen atoms in total. The van der Waals surface area contributed by atoms with Gasteiger partial charge in [-0.15, -0.1) is 0 Å². The molecule has 16 heavy (non-hydrogen) atoms. The number of likely N-dealkylation sites (tertiary alicyclic amines) is 1. The zero-order valence-electron chi connectivity index (χ0n) is 10.4. The molecule has 4 heteroatoms. The number of hydrogen-bond acceptors (Lipinski definition) is 2. The predicted molar refractivity (Wildman–Crippen MR) is 62.4 cm³/mol. The lowest BCUT2D eigenvalue weighted by atomic mass is 9.93. The van der Waals surface area contributed by atoms with Crippen LogP contribution < -0.4 is 0 Å². The molecule has 0 aliphatic carbocycles. The number of H-pyrrole nitrogens is 1. The van der Waals surface area contributed by atoms with Crippen LogP contribution in [-0.2, 0) is 0 Å². The molecule has 0 aromatic carbocycles. The smallest absolute Gasteiger partial charge is 0.257 e. The number of amides is 1. The van der Waals surface area contributed by atoms with Gasteiger partial charge in [0.05, 0.1) is 11.3 Å². The van der Waals surface area contributed by atoms with Crippen molar-refractivity contribution in [3.63, 3.8) is 0 Å².